The van der Waals surface area contributed by atoms with E-state index in [1.807, 2.05) is 49.4 Å². The molecule has 0 atom stereocenters. The molecule has 1 aliphatic heterocycles. The van der Waals surface area contributed by atoms with Crippen molar-refractivity contribution in [3.8, 4) is 11.5 Å². The van der Waals surface area contributed by atoms with Crippen LogP contribution in [0.1, 0.15) is 16.7 Å². The number of hydrogen-bond acceptors (Lipinski definition) is 5. The smallest absolute Gasteiger partial charge is 0.363 e. The number of carbonyl (C=O) groups excluding carboxylic acids is 1. The molecule has 0 fully saturated rings. The normalized spacial score (nSPS) is 15.2. The number of ether oxygens (including phenoxy) is 3. The van der Waals surface area contributed by atoms with E-state index in [1.165, 1.54) is 0 Å². The van der Waals surface area contributed by atoms with E-state index >= 15 is 0 Å². The average Bonchev–Trinajstić information content (AvgIpc) is 2.97. The summed E-state index contributed by atoms with van der Waals surface area (Å²) in [5.74, 6) is 1.15. The highest BCUT2D eigenvalue weighted by Crippen LogP contribution is 2.31. The van der Waals surface area contributed by atoms with Crippen LogP contribution in [0.5, 0.6) is 11.5 Å². The molecule has 0 N–H and O–H groups in total. The van der Waals surface area contributed by atoms with Gasteiger partial charge < -0.3 is 14.2 Å². The van der Waals surface area contributed by atoms with E-state index < -0.39 is 5.97 Å². The zero-order valence-corrected chi connectivity index (χ0v) is 13.7. The lowest BCUT2D eigenvalue weighted by Crippen LogP contribution is -2.05. The Hall–Kier alpha value is -3.08. The molecule has 122 valence electrons. The van der Waals surface area contributed by atoms with Gasteiger partial charge in [-0.15, -0.1) is 0 Å². The van der Waals surface area contributed by atoms with Crippen molar-refractivity contribution in [1.82, 2.24) is 0 Å². The molecule has 5 nitrogen and oxygen atoms in total. The fraction of sp³-hybridized carbons (Fsp3) is 0.158. The Labute approximate surface area is 140 Å². The highest BCUT2D eigenvalue weighted by molar-refractivity contribution is 6.12. The standard InChI is InChI=1S/C19H17NO4/c1-12-9-17(23-3)14(11-16(12)22-2)10-15-19(21)24-18(20-15)13-7-5-4-6-8-13/h4-11H,1-3H3/b15-10+. The summed E-state index contributed by atoms with van der Waals surface area (Å²) in [5.41, 5.74) is 2.62. The highest BCUT2D eigenvalue weighted by Gasteiger charge is 2.24. The van der Waals surface area contributed by atoms with Gasteiger partial charge in [0.2, 0.25) is 5.90 Å². The number of hydrogen-bond donors (Lipinski definition) is 0. The topological polar surface area (TPSA) is 57.1 Å². The molecule has 0 saturated heterocycles. The molecule has 3 rings (SSSR count). The first-order chi connectivity index (χ1) is 11.6. The molecule has 5 heteroatoms. The number of methoxy groups -OCH3 is 2. The summed E-state index contributed by atoms with van der Waals surface area (Å²) in [5, 5.41) is 0. The largest absolute Gasteiger partial charge is 0.496 e. The monoisotopic (exact) mass is 323 g/mol. The van der Waals surface area contributed by atoms with Crippen molar-refractivity contribution in [2.45, 2.75) is 6.92 Å². The van der Waals surface area contributed by atoms with Crippen molar-refractivity contribution in [1.29, 1.82) is 0 Å². The van der Waals surface area contributed by atoms with Crippen LogP contribution < -0.4 is 9.47 Å². The number of carbonyl (C=O) groups is 1. The second-order valence-electron chi connectivity index (χ2n) is 5.27. The van der Waals surface area contributed by atoms with E-state index in [-0.39, 0.29) is 5.70 Å². The molecular formula is C19H17NO4. The molecule has 1 heterocycles. The van der Waals surface area contributed by atoms with Gasteiger partial charge in [-0.3, -0.25) is 0 Å². The predicted molar refractivity (Wildman–Crippen MR) is 91.3 cm³/mol. The molecule has 0 spiro atoms. The lowest BCUT2D eigenvalue weighted by atomic mass is 10.1. The van der Waals surface area contributed by atoms with Crippen molar-refractivity contribution in [3.05, 3.63) is 64.9 Å². The second kappa shape index (κ2) is 6.58. The van der Waals surface area contributed by atoms with Gasteiger partial charge in [-0.2, -0.15) is 0 Å². The van der Waals surface area contributed by atoms with Crippen molar-refractivity contribution >= 4 is 17.9 Å². The lowest BCUT2D eigenvalue weighted by Gasteiger charge is -2.10. The zero-order chi connectivity index (χ0) is 17.1. The summed E-state index contributed by atoms with van der Waals surface area (Å²) in [6.07, 6.45) is 1.64. The van der Waals surface area contributed by atoms with E-state index in [1.54, 1.807) is 20.3 Å². The number of benzene rings is 2. The van der Waals surface area contributed by atoms with Crippen molar-refractivity contribution < 1.29 is 19.0 Å². The van der Waals surface area contributed by atoms with Gasteiger partial charge in [0.15, 0.2) is 5.70 Å². The number of nitrogens with zero attached hydrogens (tertiary/aromatic N) is 1. The minimum Gasteiger partial charge on any atom is -0.496 e. The highest BCUT2D eigenvalue weighted by atomic mass is 16.6. The van der Waals surface area contributed by atoms with Crippen LogP contribution >= 0.6 is 0 Å². The number of rotatable bonds is 4. The molecule has 1 aliphatic rings. The maximum absolute atomic E-state index is 12.1. The van der Waals surface area contributed by atoms with Gasteiger partial charge >= 0.3 is 5.97 Å². The second-order valence-corrected chi connectivity index (χ2v) is 5.27. The molecule has 2 aromatic rings. The number of cyclic esters (lactones) is 1. The first-order valence-corrected chi connectivity index (χ1v) is 7.43. The number of aryl methyl sites for hydroxylation is 1. The van der Waals surface area contributed by atoms with Crippen molar-refractivity contribution in [2.24, 2.45) is 4.99 Å². The third kappa shape index (κ3) is 3.01. The Morgan fingerprint density at radius 3 is 2.42 bits per heavy atom. The van der Waals surface area contributed by atoms with Crippen LogP contribution in [0.4, 0.5) is 0 Å². The molecule has 0 unspecified atom stereocenters. The van der Waals surface area contributed by atoms with Crippen LogP contribution in [0.3, 0.4) is 0 Å². The Morgan fingerprint density at radius 2 is 1.75 bits per heavy atom. The fourth-order valence-electron chi connectivity index (χ4n) is 2.45. The van der Waals surface area contributed by atoms with Crippen LogP contribution in [0.15, 0.2) is 53.2 Å². The molecule has 0 saturated carbocycles. The van der Waals surface area contributed by atoms with E-state index in [9.17, 15) is 4.79 Å². The predicted octanol–water partition coefficient (Wildman–Crippen LogP) is 3.36. The molecule has 2 aromatic carbocycles. The number of esters is 1. The van der Waals surface area contributed by atoms with E-state index in [2.05, 4.69) is 4.99 Å². The Balaban J connectivity index is 2.02. The molecule has 0 bridgehead atoms. The quantitative estimate of drug-likeness (QED) is 0.639. The minimum absolute atomic E-state index is 0.220. The summed E-state index contributed by atoms with van der Waals surface area (Å²) >= 11 is 0. The summed E-state index contributed by atoms with van der Waals surface area (Å²) in [6.45, 7) is 1.92. The first-order valence-electron chi connectivity index (χ1n) is 7.43. The van der Waals surface area contributed by atoms with Crippen LogP contribution in [0, 0.1) is 6.92 Å². The van der Waals surface area contributed by atoms with Crippen molar-refractivity contribution in [3.63, 3.8) is 0 Å². The first kappa shape index (κ1) is 15.8. The lowest BCUT2D eigenvalue weighted by molar-refractivity contribution is -0.129. The Morgan fingerprint density at radius 1 is 1.04 bits per heavy atom. The maximum Gasteiger partial charge on any atom is 0.363 e. The van der Waals surface area contributed by atoms with Crippen LogP contribution in [0.25, 0.3) is 6.08 Å². The van der Waals surface area contributed by atoms with Gasteiger partial charge in [-0.05, 0) is 42.8 Å². The summed E-state index contributed by atoms with van der Waals surface area (Å²) in [4.78, 5) is 16.4. The molecule has 0 amide bonds. The Kier molecular flexibility index (Phi) is 4.33. The SMILES string of the molecule is COc1cc(/C=C2/N=C(c3ccccc3)OC2=O)c(OC)cc1C. The van der Waals surface area contributed by atoms with Gasteiger partial charge in [0, 0.05) is 11.1 Å². The van der Waals surface area contributed by atoms with Crippen LogP contribution in [-0.4, -0.2) is 26.1 Å². The van der Waals surface area contributed by atoms with Crippen LogP contribution in [-0.2, 0) is 9.53 Å². The molecule has 0 aliphatic carbocycles. The van der Waals surface area contributed by atoms with E-state index in [0.717, 1.165) is 11.1 Å². The fourth-order valence-corrected chi connectivity index (χ4v) is 2.45. The minimum atomic E-state index is -0.490. The maximum atomic E-state index is 12.1. The third-order valence-corrected chi connectivity index (χ3v) is 3.68. The molecular weight excluding hydrogens is 306 g/mol. The summed E-state index contributed by atoms with van der Waals surface area (Å²) in [7, 11) is 3.18. The van der Waals surface area contributed by atoms with Crippen molar-refractivity contribution in [2.75, 3.05) is 14.2 Å². The van der Waals surface area contributed by atoms with E-state index in [4.69, 9.17) is 14.2 Å². The average molecular weight is 323 g/mol. The van der Waals surface area contributed by atoms with E-state index in [0.29, 0.717) is 23.0 Å². The van der Waals surface area contributed by atoms with Gasteiger partial charge in [-0.25, -0.2) is 9.79 Å². The zero-order valence-electron chi connectivity index (χ0n) is 13.7. The van der Waals surface area contributed by atoms with Gasteiger partial charge in [0.05, 0.1) is 14.2 Å². The molecule has 0 aromatic heterocycles. The van der Waals surface area contributed by atoms with Gasteiger partial charge in [0.1, 0.15) is 11.5 Å². The number of aliphatic imine (C=N–C) groups is 1. The summed E-state index contributed by atoms with van der Waals surface area (Å²) < 4.78 is 16.0. The van der Waals surface area contributed by atoms with Gasteiger partial charge in [-0.1, -0.05) is 18.2 Å². The molecule has 24 heavy (non-hydrogen) atoms. The van der Waals surface area contributed by atoms with Gasteiger partial charge in [0.25, 0.3) is 0 Å². The third-order valence-electron chi connectivity index (χ3n) is 3.68. The summed E-state index contributed by atoms with van der Waals surface area (Å²) in [6, 6.07) is 13.0. The Bertz CT molecular complexity index is 838. The molecule has 0 radical (unpaired) electrons. The van der Waals surface area contributed by atoms with Crippen LogP contribution in [0.2, 0.25) is 0 Å².